The molecule has 2 fully saturated rings. The fraction of sp³-hybridized carbons (Fsp3) is 0.414. The van der Waals surface area contributed by atoms with Gasteiger partial charge in [0.1, 0.15) is 0 Å². The average molecular weight is 550 g/mol. The third-order valence-corrected chi connectivity index (χ3v) is 7.93. The Morgan fingerprint density at radius 2 is 1.44 bits per heavy atom. The van der Waals surface area contributed by atoms with Gasteiger partial charge in [-0.05, 0) is 65.8 Å². The number of alkyl halides is 6. The van der Waals surface area contributed by atoms with E-state index in [-0.39, 0.29) is 11.1 Å². The molecule has 2 saturated heterocycles. The van der Waals surface area contributed by atoms with Crippen molar-refractivity contribution < 1.29 is 31.4 Å². The van der Waals surface area contributed by atoms with Crippen molar-refractivity contribution >= 4 is 0 Å². The highest BCUT2D eigenvalue weighted by atomic mass is 19.4. The molecule has 0 saturated carbocycles. The van der Waals surface area contributed by atoms with Crippen molar-refractivity contribution in [3.05, 3.63) is 89.2 Å². The topological polar surface area (TPSA) is 39.6 Å². The van der Waals surface area contributed by atoms with Crippen LogP contribution < -0.4 is 0 Å². The lowest BCUT2D eigenvalue weighted by Gasteiger charge is -2.41. The van der Waals surface area contributed by atoms with E-state index in [2.05, 4.69) is 14.8 Å². The zero-order valence-electron chi connectivity index (χ0n) is 21.3. The fourth-order valence-corrected chi connectivity index (χ4v) is 5.74. The summed E-state index contributed by atoms with van der Waals surface area (Å²) in [5.74, 6) is 0. The molecule has 1 N–H and O–H groups in total. The van der Waals surface area contributed by atoms with Gasteiger partial charge in [0, 0.05) is 50.7 Å². The third-order valence-electron chi connectivity index (χ3n) is 7.93. The van der Waals surface area contributed by atoms with Crippen molar-refractivity contribution in [2.24, 2.45) is 0 Å². The van der Waals surface area contributed by atoms with E-state index in [9.17, 15) is 31.4 Å². The van der Waals surface area contributed by atoms with Gasteiger partial charge >= 0.3 is 12.4 Å². The van der Waals surface area contributed by atoms with Crippen LogP contribution in [0.4, 0.5) is 26.3 Å². The van der Waals surface area contributed by atoms with Gasteiger partial charge in [0.25, 0.3) is 0 Å². The number of fused-ring (bicyclic) bond motifs is 2. The summed E-state index contributed by atoms with van der Waals surface area (Å²) in [4.78, 5) is 8.75. The molecule has 3 heterocycles. The number of halogens is 6. The summed E-state index contributed by atoms with van der Waals surface area (Å²) in [5, 5.41) is 9.88. The van der Waals surface area contributed by atoms with Gasteiger partial charge < -0.3 is 5.11 Å². The zero-order valence-corrected chi connectivity index (χ0v) is 21.3. The molecule has 2 aliphatic heterocycles. The minimum Gasteiger partial charge on any atom is -0.376 e. The van der Waals surface area contributed by atoms with Crippen molar-refractivity contribution in [2.75, 3.05) is 13.1 Å². The molecule has 0 spiro atoms. The van der Waals surface area contributed by atoms with Crippen molar-refractivity contribution in [2.45, 2.75) is 62.9 Å². The Morgan fingerprint density at radius 3 is 2.00 bits per heavy atom. The number of likely N-dealkylation sites (tertiary alicyclic amines) is 1. The van der Waals surface area contributed by atoms with Crippen LogP contribution in [0, 0.1) is 0 Å². The van der Waals surface area contributed by atoms with E-state index in [1.807, 2.05) is 12.1 Å². The summed E-state index contributed by atoms with van der Waals surface area (Å²) in [5.41, 5.74) is -2.66. The number of aliphatic hydroxyl groups is 1. The third kappa shape index (κ3) is 5.69. The van der Waals surface area contributed by atoms with Gasteiger partial charge in [0.15, 0.2) is 5.60 Å². The van der Waals surface area contributed by atoms with Crippen LogP contribution in [-0.4, -0.2) is 51.2 Å². The number of piperazine rings is 1. The summed E-state index contributed by atoms with van der Waals surface area (Å²) < 4.78 is 81.8. The van der Waals surface area contributed by atoms with Crippen molar-refractivity contribution in [3.63, 3.8) is 0 Å². The molecule has 3 aromatic rings. The highest BCUT2D eigenvalue weighted by molar-refractivity contribution is 5.69. The molecule has 1 aromatic heterocycles. The first-order valence-electron chi connectivity index (χ1n) is 12.8. The Hall–Kier alpha value is -2.95. The van der Waals surface area contributed by atoms with Gasteiger partial charge in [0.05, 0.1) is 5.56 Å². The molecule has 3 atom stereocenters. The molecule has 5 rings (SSSR count). The van der Waals surface area contributed by atoms with Crippen LogP contribution in [0.5, 0.6) is 0 Å². The highest BCUT2D eigenvalue weighted by Gasteiger charge is 2.51. The van der Waals surface area contributed by atoms with Gasteiger partial charge in [0.2, 0.25) is 0 Å². The Morgan fingerprint density at radius 1 is 0.821 bits per heavy atom. The number of hydrogen-bond acceptors (Lipinski definition) is 4. The smallest absolute Gasteiger partial charge is 0.376 e. The number of aromatic nitrogens is 1. The molecule has 2 bridgehead atoms. The zero-order chi connectivity index (χ0) is 28.0. The van der Waals surface area contributed by atoms with Crippen molar-refractivity contribution in [1.29, 1.82) is 0 Å². The van der Waals surface area contributed by atoms with Crippen molar-refractivity contribution in [3.8, 4) is 11.1 Å². The second-order valence-corrected chi connectivity index (χ2v) is 10.6. The number of hydrogen-bond donors (Lipinski definition) is 1. The first-order valence-corrected chi connectivity index (χ1v) is 12.8. The maximum absolute atomic E-state index is 14.1. The van der Waals surface area contributed by atoms with Crippen LogP contribution in [0.2, 0.25) is 0 Å². The number of rotatable bonds is 6. The van der Waals surface area contributed by atoms with Gasteiger partial charge in [-0.3, -0.25) is 14.8 Å². The Labute approximate surface area is 222 Å². The number of pyridine rings is 1. The lowest BCUT2D eigenvalue weighted by Crippen LogP contribution is -2.52. The van der Waals surface area contributed by atoms with E-state index in [4.69, 9.17) is 0 Å². The van der Waals surface area contributed by atoms with Crippen LogP contribution in [0.1, 0.15) is 42.0 Å². The lowest BCUT2D eigenvalue weighted by molar-refractivity contribution is -0.258. The molecular weight excluding hydrogens is 520 g/mol. The van der Waals surface area contributed by atoms with Crippen LogP contribution in [0.25, 0.3) is 11.1 Å². The molecule has 2 aliphatic rings. The predicted molar refractivity (Wildman–Crippen MR) is 134 cm³/mol. The lowest BCUT2D eigenvalue weighted by atomic mass is 9.91. The first kappa shape index (κ1) is 27.6. The standard InChI is InChI=1S/C29H29F6N3O/c1-27(39,29(33,34)35)22-5-3-21(4-6-22)25-9-2-20(14-26(25)28(30,31)32)15-37-17-23-7-8-24(18-37)38(23)16-19-10-12-36-13-11-19/h2-6,9-14,23-24,39H,7-8,15-18H2,1H3. The van der Waals surface area contributed by atoms with Gasteiger partial charge in [-0.2, -0.15) is 26.3 Å². The number of benzene rings is 2. The molecule has 0 amide bonds. The van der Waals surface area contributed by atoms with Crippen LogP contribution >= 0.6 is 0 Å². The van der Waals surface area contributed by atoms with E-state index >= 15 is 0 Å². The van der Waals surface area contributed by atoms with Crippen molar-refractivity contribution in [1.82, 2.24) is 14.8 Å². The fourth-order valence-electron chi connectivity index (χ4n) is 5.74. The molecular formula is C29H29F6N3O. The second-order valence-electron chi connectivity index (χ2n) is 10.6. The first-order chi connectivity index (χ1) is 18.3. The Kier molecular flexibility index (Phi) is 7.24. The SMILES string of the molecule is CC(O)(c1ccc(-c2ccc(CN3CC4CCC(C3)N4Cc3ccncc3)cc2C(F)(F)F)cc1)C(F)(F)F. The maximum Gasteiger partial charge on any atom is 0.421 e. The van der Waals surface area contributed by atoms with Gasteiger partial charge in [-0.1, -0.05) is 36.4 Å². The molecule has 0 radical (unpaired) electrons. The minimum absolute atomic E-state index is 0.119. The second kappa shape index (κ2) is 10.2. The van der Waals surface area contributed by atoms with Gasteiger partial charge in [-0.25, -0.2) is 0 Å². The van der Waals surface area contributed by atoms with Crippen LogP contribution in [0.15, 0.2) is 67.0 Å². The Bertz CT molecular complexity index is 1280. The molecule has 10 heteroatoms. The summed E-state index contributed by atoms with van der Waals surface area (Å²) in [6, 6.07) is 13.2. The van der Waals surface area contributed by atoms with E-state index in [0.29, 0.717) is 31.1 Å². The molecule has 208 valence electrons. The van der Waals surface area contributed by atoms with Crippen LogP contribution in [0.3, 0.4) is 0 Å². The van der Waals surface area contributed by atoms with E-state index in [1.165, 1.54) is 23.8 Å². The molecule has 4 nitrogen and oxygen atoms in total. The molecule has 39 heavy (non-hydrogen) atoms. The quantitative estimate of drug-likeness (QED) is 0.362. The Balaban J connectivity index is 1.33. The minimum atomic E-state index is -4.92. The summed E-state index contributed by atoms with van der Waals surface area (Å²) in [6.07, 6.45) is -3.92. The predicted octanol–water partition coefficient (Wildman–Crippen LogP) is 6.39. The molecule has 3 unspecified atom stereocenters. The van der Waals surface area contributed by atoms with Gasteiger partial charge in [-0.15, -0.1) is 0 Å². The highest BCUT2D eigenvalue weighted by Crippen LogP contribution is 2.41. The molecule has 2 aromatic carbocycles. The number of nitrogens with zero attached hydrogens (tertiary/aromatic N) is 3. The van der Waals surface area contributed by atoms with E-state index in [1.54, 1.807) is 18.5 Å². The maximum atomic E-state index is 14.1. The van der Waals surface area contributed by atoms with E-state index < -0.39 is 29.1 Å². The molecule has 0 aliphatic carbocycles. The van der Waals surface area contributed by atoms with E-state index in [0.717, 1.165) is 50.7 Å². The normalized spacial score (nSPS) is 22.2. The summed E-state index contributed by atoms with van der Waals surface area (Å²) in [6.45, 7) is 3.36. The summed E-state index contributed by atoms with van der Waals surface area (Å²) in [7, 11) is 0. The summed E-state index contributed by atoms with van der Waals surface area (Å²) >= 11 is 0. The van der Waals surface area contributed by atoms with Crippen LogP contribution in [-0.2, 0) is 24.9 Å². The largest absolute Gasteiger partial charge is 0.421 e. The monoisotopic (exact) mass is 549 g/mol. The average Bonchev–Trinajstić information content (AvgIpc) is 3.10.